The van der Waals surface area contributed by atoms with Gasteiger partial charge in [-0.15, -0.1) is 0 Å². The van der Waals surface area contributed by atoms with Crippen molar-refractivity contribution in [3.05, 3.63) is 70.7 Å². The normalized spacial score (nSPS) is 16.5. The van der Waals surface area contributed by atoms with E-state index in [1.807, 2.05) is 48.5 Å². The minimum Gasteiger partial charge on any atom is -0.350 e. The Kier molecular flexibility index (Phi) is 6.29. The number of rotatable bonds is 6. The lowest BCUT2D eigenvalue weighted by molar-refractivity contribution is -0.138. The Morgan fingerprint density at radius 3 is 2.62 bits per heavy atom. The van der Waals surface area contributed by atoms with E-state index in [9.17, 15) is 9.59 Å². The van der Waals surface area contributed by atoms with Crippen molar-refractivity contribution in [3.8, 4) is 0 Å². The summed E-state index contributed by atoms with van der Waals surface area (Å²) >= 11 is 5.97. The number of amides is 2. The van der Waals surface area contributed by atoms with Gasteiger partial charge in [0, 0.05) is 24.5 Å². The number of hydrogen-bond acceptors (Lipinski definition) is 2. The molecule has 1 heterocycles. The van der Waals surface area contributed by atoms with Crippen LogP contribution in [0.1, 0.15) is 30.4 Å². The maximum absolute atomic E-state index is 12.6. The van der Waals surface area contributed by atoms with Crippen molar-refractivity contribution in [2.75, 3.05) is 6.54 Å². The Morgan fingerprint density at radius 1 is 1.08 bits per heavy atom. The maximum Gasteiger partial charge on any atom is 0.243 e. The molecule has 2 aromatic carbocycles. The number of likely N-dealkylation sites (tertiary alicyclic amines) is 1. The molecule has 1 aliphatic heterocycles. The van der Waals surface area contributed by atoms with E-state index in [-0.39, 0.29) is 17.9 Å². The number of nitrogens with zero attached hydrogens (tertiary/aromatic N) is 1. The van der Waals surface area contributed by atoms with Crippen molar-refractivity contribution in [2.45, 2.75) is 38.3 Å². The number of hydrogen-bond donors (Lipinski definition) is 1. The highest BCUT2D eigenvalue weighted by molar-refractivity contribution is 6.30. The molecule has 5 heteroatoms. The zero-order valence-corrected chi connectivity index (χ0v) is 15.4. The van der Waals surface area contributed by atoms with Crippen LogP contribution >= 0.6 is 11.6 Å². The first kappa shape index (κ1) is 18.5. The molecule has 4 nitrogen and oxygen atoms in total. The van der Waals surface area contributed by atoms with Crippen LogP contribution in [0.5, 0.6) is 0 Å². The lowest BCUT2D eigenvalue weighted by Gasteiger charge is -2.24. The van der Waals surface area contributed by atoms with Gasteiger partial charge in [0.25, 0.3) is 0 Å². The van der Waals surface area contributed by atoms with E-state index in [2.05, 4.69) is 5.32 Å². The summed E-state index contributed by atoms with van der Waals surface area (Å²) in [6.45, 7) is 1.07. The van der Waals surface area contributed by atoms with E-state index >= 15 is 0 Å². The smallest absolute Gasteiger partial charge is 0.243 e. The highest BCUT2D eigenvalue weighted by atomic mass is 35.5. The van der Waals surface area contributed by atoms with E-state index in [1.54, 1.807) is 11.0 Å². The van der Waals surface area contributed by atoms with Gasteiger partial charge in [0.2, 0.25) is 11.8 Å². The number of carbonyl (C=O) groups is 2. The Labute approximate surface area is 159 Å². The fourth-order valence-corrected chi connectivity index (χ4v) is 3.54. The van der Waals surface area contributed by atoms with Gasteiger partial charge in [-0.25, -0.2) is 0 Å². The molecule has 1 aliphatic rings. The number of nitrogens with one attached hydrogen (secondary N) is 1. The largest absolute Gasteiger partial charge is 0.350 e. The van der Waals surface area contributed by atoms with Crippen LogP contribution in [0.3, 0.4) is 0 Å². The molecule has 2 aromatic rings. The number of halogens is 1. The van der Waals surface area contributed by atoms with Crippen LogP contribution in [0.15, 0.2) is 54.6 Å². The van der Waals surface area contributed by atoms with Crippen LogP contribution in [-0.4, -0.2) is 29.3 Å². The van der Waals surface area contributed by atoms with Crippen LogP contribution in [0.2, 0.25) is 5.02 Å². The number of aryl methyl sites for hydroxylation is 1. The van der Waals surface area contributed by atoms with Crippen molar-refractivity contribution < 1.29 is 9.59 Å². The van der Waals surface area contributed by atoms with Crippen molar-refractivity contribution in [1.29, 1.82) is 0 Å². The van der Waals surface area contributed by atoms with Gasteiger partial charge in [-0.05, 0) is 42.5 Å². The van der Waals surface area contributed by atoms with E-state index < -0.39 is 0 Å². The topological polar surface area (TPSA) is 49.4 Å². The lowest BCUT2D eigenvalue weighted by atomic mass is 10.1. The van der Waals surface area contributed by atoms with Gasteiger partial charge in [0.1, 0.15) is 6.04 Å². The summed E-state index contributed by atoms with van der Waals surface area (Å²) in [7, 11) is 0. The summed E-state index contributed by atoms with van der Waals surface area (Å²) in [4.78, 5) is 26.9. The summed E-state index contributed by atoms with van der Waals surface area (Å²) in [5.74, 6) is -0.0372. The second kappa shape index (κ2) is 8.86. The Balaban J connectivity index is 1.53. The van der Waals surface area contributed by atoms with Crippen LogP contribution in [-0.2, 0) is 22.6 Å². The molecular weight excluding hydrogens is 348 g/mol. The first-order chi connectivity index (χ1) is 12.6. The molecule has 3 rings (SSSR count). The van der Waals surface area contributed by atoms with Gasteiger partial charge >= 0.3 is 0 Å². The monoisotopic (exact) mass is 370 g/mol. The van der Waals surface area contributed by atoms with E-state index in [1.165, 1.54) is 0 Å². The lowest BCUT2D eigenvalue weighted by Crippen LogP contribution is -2.45. The summed E-state index contributed by atoms with van der Waals surface area (Å²) < 4.78 is 0. The average Bonchev–Trinajstić information content (AvgIpc) is 3.15. The molecule has 1 atom stereocenters. The zero-order chi connectivity index (χ0) is 18.4. The van der Waals surface area contributed by atoms with Crippen LogP contribution < -0.4 is 5.32 Å². The molecule has 2 amide bonds. The predicted octanol–water partition coefficient (Wildman–Crippen LogP) is 3.58. The first-order valence-electron chi connectivity index (χ1n) is 8.99. The number of carbonyl (C=O) groups excluding carboxylic acids is 2. The highest BCUT2D eigenvalue weighted by Gasteiger charge is 2.33. The highest BCUT2D eigenvalue weighted by Crippen LogP contribution is 2.19. The van der Waals surface area contributed by atoms with E-state index in [4.69, 9.17) is 11.6 Å². The quantitative estimate of drug-likeness (QED) is 0.844. The third-order valence-corrected chi connectivity index (χ3v) is 4.94. The summed E-state index contributed by atoms with van der Waals surface area (Å²) in [5.41, 5.74) is 2.09. The summed E-state index contributed by atoms with van der Waals surface area (Å²) in [5, 5.41) is 3.58. The Hall–Kier alpha value is -2.33. The minimum atomic E-state index is -0.363. The van der Waals surface area contributed by atoms with Crippen molar-refractivity contribution in [3.63, 3.8) is 0 Å². The standard InChI is InChI=1S/C21H23ClN2O2/c22-18-9-4-8-17(14-18)15-23-21(26)19-10-5-13-24(19)20(25)12-11-16-6-2-1-3-7-16/h1-4,6-9,14,19H,5,10-13,15H2,(H,23,26)/t19-/m0/s1. The molecule has 0 radical (unpaired) electrons. The van der Waals surface area contributed by atoms with Gasteiger partial charge in [0.15, 0.2) is 0 Å². The zero-order valence-electron chi connectivity index (χ0n) is 14.7. The van der Waals surface area contributed by atoms with Crippen molar-refractivity contribution >= 4 is 23.4 Å². The molecule has 26 heavy (non-hydrogen) atoms. The molecular formula is C21H23ClN2O2. The molecule has 0 unspecified atom stereocenters. The molecule has 0 bridgehead atoms. The van der Waals surface area contributed by atoms with Crippen molar-refractivity contribution in [1.82, 2.24) is 10.2 Å². The SMILES string of the molecule is O=C(NCc1cccc(Cl)c1)[C@@H]1CCCN1C(=O)CCc1ccccc1. The van der Waals surface area contributed by atoms with Crippen LogP contribution in [0, 0.1) is 0 Å². The van der Waals surface area contributed by atoms with E-state index in [0.29, 0.717) is 31.0 Å². The van der Waals surface area contributed by atoms with Crippen LogP contribution in [0.25, 0.3) is 0 Å². The third-order valence-electron chi connectivity index (χ3n) is 4.70. The van der Waals surface area contributed by atoms with Gasteiger partial charge in [-0.2, -0.15) is 0 Å². The Morgan fingerprint density at radius 2 is 1.85 bits per heavy atom. The molecule has 1 fully saturated rings. The van der Waals surface area contributed by atoms with E-state index in [0.717, 1.165) is 24.0 Å². The first-order valence-corrected chi connectivity index (χ1v) is 9.37. The van der Waals surface area contributed by atoms with Gasteiger partial charge in [-0.1, -0.05) is 54.1 Å². The molecule has 1 saturated heterocycles. The third kappa shape index (κ3) is 4.85. The Bertz CT molecular complexity index is 764. The molecule has 0 spiro atoms. The van der Waals surface area contributed by atoms with Gasteiger partial charge in [0.05, 0.1) is 0 Å². The second-order valence-corrected chi connectivity index (χ2v) is 7.01. The average molecular weight is 371 g/mol. The second-order valence-electron chi connectivity index (χ2n) is 6.58. The molecule has 1 N–H and O–H groups in total. The van der Waals surface area contributed by atoms with Crippen molar-refractivity contribution in [2.24, 2.45) is 0 Å². The van der Waals surface area contributed by atoms with Crippen LogP contribution in [0.4, 0.5) is 0 Å². The summed E-state index contributed by atoms with van der Waals surface area (Å²) in [6.07, 6.45) is 2.72. The molecule has 0 aliphatic carbocycles. The maximum atomic E-state index is 12.6. The minimum absolute atomic E-state index is 0.0502. The number of benzene rings is 2. The molecule has 136 valence electrons. The summed E-state index contributed by atoms with van der Waals surface area (Å²) in [6, 6.07) is 17.0. The predicted molar refractivity (Wildman–Crippen MR) is 103 cm³/mol. The fraction of sp³-hybridized carbons (Fsp3) is 0.333. The van der Waals surface area contributed by atoms with Gasteiger partial charge in [-0.3, -0.25) is 9.59 Å². The fourth-order valence-electron chi connectivity index (χ4n) is 3.33. The molecule has 0 aromatic heterocycles. The van der Waals surface area contributed by atoms with Gasteiger partial charge < -0.3 is 10.2 Å². The molecule has 0 saturated carbocycles.